The van der Waals surface area contributed by atoms with Crippen LogP contribution >= 0.6 is 0 Å². The van der Waals surface area contributed by atoms with Crippen LogP contribution in [-0.4, -0.2) is 61.7 Å². The number of ether oxygens (including phenoxy) is 1. The van der Waals surface area contributed by atoms with Crippen LogP contribution in [0.1, 0.15) is 12.8 Å². The number of sulfonamides is 1. The highest BCUT2D eigenvalue weighted by Crippen LogP contribution is 2.16. The molecule has 0 aromatic carbocycles. The van der Waals surface area contributed by atoms with Gasteiger partial charge in [-0.25, -0.2) is 13.4 Å². The van der Waals surface area contributed by atoms with Gasteiger partial charge in [-0.05, 0) is 19.4 Å². The molecule has 1 atom stereocenters. The summed E-state index contributed by atoms with van der Waals surface area (Å²) in [5.41, 5.74) is 0. The monoisotopic (exact) mass is 302 g/mol. The predicted molar refractivity (Wildman–Crippen MR) is 74.9 cm³/mol. The van der Waals surface area contributed by atoms with Crippen molar-refractivity contribution in [2.75, 3.05) is 33.4 Å². The molecular weight excluding hydrogens is 280 g/mol. The molecule has 1 N–H and O–H groups in total. The molecule has 8 heteroatoms. The molecule has 1 fully saturated rings. The number of nitrogens with zero attached hydrogens (tertiary/aromatic N) is 3. The van der Waals surface area contributed by atoms with Gasteiger partial charge in [0.25, 0.3) is 10.0 Å². The van der Waals surface area contributed by atoms with Gasteiger partial charge in [0.2, 0.25) is 0 Å². The molecule has 0 saturated carbocycles. The van der Waals surface area contributed by atoms with E-state index < -0.39 is 10.0 Å². The second-order valence-corrected chi connectivity index (χ2v) is 6.91. The number of aryl methyl sites for hydroxylation is 1. The highest BCUT2D eigenvalue weighted by Gasteiger charge is 2.29. The Bertz CT molecular complexity index is 523. The van der Waals surface area contributed by atoms with E-state index in [-0.39, 0.29) is 11.1 Å². The Morgan fingerprint density at radius 1 is 1.60 bits per heavy atom. The number of nitrogens with one attached hydrogen (secondary N) is 1. The van der Waals surface area contributed by atoms with Crippen molar-refractivity contribution in [3.8, 4) is 0 Å². The van der Waals surface area contributed by atoms with E-state index >= 15 is 0 Å². The lowest BCUT2D eigenvalue weighted by atomic mass is 10.2. The lowest BCUT2D eigenvalue weighted by Gasteiger charge is -2.24. The van der Waals surface area contributed by atoms with Gasteiger partial charge in [0.1, 0.15) is 0 Å². The molecule has 2 heterocycles. The SMILES string of the molecule is COCCN(CC1CCCN1)S(=O)(=O)c1cn(C)cn1. The summed E-state index contributed by atoms with van der Waals surface area (Å²) in [6.07, 6.45) is 5.11. The molecule has 0 bridgehead atoms. The Balaban J connectivity index is 2.15. The van der Waals surface area contributed by atoms with Crippen LogP contribution < -0.4 is 5.32 Å². The minimum atomic E-state index is -3.56. The fourth-order valence-corrected chi connectivity index (χ4v) is 3.75. The highest BCUT2D eigenvalue weighted by molar-refractivity contribution is 7.89. The molecule has 1 aliphatic heterocycles. The van der Waals surface area contributed by atoms with E-state index in [1.54, 1.807) is 18.7 Å². The Labute approximate surface area is 120 Å². The quantitative estimate of drug-likeness (QED) is 0.755. The Morgan fingerprint density at radius 2 is 2.40 bits per heavy atom. The molecule has 0 aliphatic carbocycles. The summed E-state index contributed by atoms with van der Waals surface area (Å²) in [7, 11) is -0.236. The number of methoxy groups -OCH3 is 1. The number of aromatic nitrogens is 2. The minimum absolute atomic E-state index is 0.0918. The van der Waals surface area contributed by atoms with Crippen molar-refractivity contribution >= 4 is 10.0 Å². The van der Waals surface area contributed by atoms with Crippen molar-refractivity contribution in [1.82, 2.24) is 19.2 Å². The molecule has 7 nitrogen and oxygen atoms in total. The standard InChI is InChI=1S/C12H22N4O3S/c1-15-9-12(14-10-15)20(17,18)16(6-7-19-2)8-11-4-3-5-13-11/h9-11,13H,3-8H2,1-2H3. The summed E-state index contributed by atoms with van der Waals surface area (Å²) in [5, 5.41) is 3.41. The third-order valence-corrected chi connectivity index (χ3v) is 5.17. The summed E-state index contributed by atoms with van der Waals surface area (Å²) in [6, 6.07) is 0.213. The van der Waals surface area contributed by atoms with Crippen molar-refractivity contribution in [2.45, 2.75) is 23.9 Å². The Morgan fingerprint density at radius 3 is 2.95 bits per heavy atom. The van der Waals surface area contributed by atoms with Crippen molar-refractivity contribution < 1.29 is 13.2 Å². The van der Waals surface area contributed by atoms with Crippen molar-refractivity contribution in [2.24, 2.45) is 7.05 Å². The summed E-state index contributed by atoms with van der Waals surface area (Å²) >= 11 is 0. The van der Waals surface area contributed by atoms with E-state index in [0.29, 0.717) is 19.7 Å². The van der Waals surface area contributed by atoms with Crippen LogP contribution in [0, 0.1) is 0 Å². The van der Waals surface area contributed by atoms with Crippen molar-refractivity contribution in [3.63, 3.8) is 0 Å². The molecule has 1 saturated heterocycles. The zero-order chi connectivity index (χ0) is 14.6. The zero-order valence-corrected chi connectivity index (χ0v) is 12.8. The Kier molecular flexibility index (Phi) is 5.14. The van der Waals surface area contributed by atoms with Crippen LogP contribution in [0.3, 0.4) is 0 Å². The lowest BCUT2D eigenvalue weighted by molar-refractivity contribution is 0.176. The normalized spacial score (nSPS) is 19.9. The van der Waals surface area contributed by atoms with Crippen LogP contribution in [0.5, 0.6) is 0 Å². The van der Waals surface area contributed by atoms with Crippen molar-refractivity contribution in [1.29, 1.82) is 0 Å². The fraction of sp³-hybridized carbons (Fsp3) is 0.750. The summed E-state index contributed by atoms with van der Waals surface area (Å²) in [4.78, 5) is 3.96. The van der Waals surface area contributed by atoms with Gasteiger partial charge in [0, 0.05) is 39.5 Å². The molecule has 1 unspecified atom stereocenters. The number of hydrogen-bond acceptors (Lipinski definition) is 5. The third-order valence-electron chi connectivity index (χ3n) is 3.42. The molecule has 0 amide bonds. The summed E-state index contributed by atoms with van der Waals surface area (Å²) in [6.45, 7) is 2.13. The molecule has 1 aromatic heterocycles. The first-order valence-electron chi connectivity index (χ1n) is 6.74. The van der Waals surface area contributed by atoms with Gasteiger partial charge < -0.3 is 14.6 Å². The number of hydrogen-bond donors (Lipinski definition) is 1. The molecular formula is C12H22N4O3S. The van der Waals surface area contributed by atoms with Crippen LogP contribution in [0.2, 0.25) is 0 Å². The van der Waals surface area contributed by atoms with Gasteiger partial charge >= 0.3 is 0 Å². The average molecular weight is 302 g/mol. The number of rotatable bonds is 7. The largest absolute Gasteiger partial charge is 0.383 e. The van der Waals surface area contributed by atoms with E-state index in [4.69, 9.17) is 4.74 Å². The fourth-order valence-electron chi connectivity index (χ4n) is 2.32. The minimum Gasteiger partial charge on any atom is -0.383 e. The van der Waals surface area contributed by atoms with E-state index in [1.807, 2.05) is 0 Å². The maximum atomic E-state index is 12.6. The second-order valence-electron chi connectivity index (χ2n) is 5.03. The molecule has 0 spiro atoms. The topological polar surface area (TPSA) is 76.5 Å². The van der Waals surface area contributed by atoms with Crippen molar-refractivity contribution in [3.05, 3.63) is 12.5 Å². The van der Waals surface area contributed by atoms with E-state index in [1.165, 1.54) is 16.8 Å². The Hall–Kier alpha value is -0.960. The summed E-state index contributed by atoms with van der Waals surface area (Å²) < 4.78 is 33.3. The van der Waals surface area contributed by atoms with Gasteiger partial charge in [0.15, 0.2) is 5.03 Å². The highest BCUT2D eigenvalue weighted by atomic mass is 32.2. The van der Waals surface area contributed by atoms with E-state index in [9.17, 15) is 8.42 Å². The third kappa shape index (κ3) is 3.57. The van der Waals surface area contributed by atoms with Gasteiger partial charge in [-0.1, -0.05) is 0 Å². The average Bonchev–Trinajstić information content (AvgIpc) is 3.05. The maximum absolute atomic E-state index is 12.6. The van der Waals surface area contributed by atoms with Crippen LogP contribution in [-0.2, 0) is 21.8 Å². The van der Waals surface area contributed by atoms with Gasteiger partial charge in [-0.15, -0.1) is 0 Å². The van der Waals surface area contributed by atoms with Crippen LogP contribution in [0.4, 0.5) is 0 Å². The molecule has 2 rings (SSSR count). The first-order chi connectivity index (χ1) is 9.54. The first-order valence-corrected chi connectivity index (χ1v) is 8.18. The van der Waals surface area contributed by atoms with E-state index in [2.05, 4.69) is 10.3 Å². The molecule has 1 aliphatic rings. The van der Waals surface area contributed by atoms with Gasteiger partial charge in [0.05, 0.1) is 12.9 Å². The van der Waals surface area contributed by atoms with Gasteiger partial charge in [-0.2, -0.15) is 4.31 Å². The maximum Gasteiger partial charge on any atom is 0.262 e. The predicted octanol–water partition coefficient (Wildman–Crippen LogP) is -0.191. The van der Waals surface area contributed by atoms with Gasteiger partial charge in [-0.3, -0.25) is 0 Å². The van der Waals surface area contributed by atoms with Crippen LogP contribution in [0.15, 0.2) is 17.6 Å². The number of imidazole rings is 1. The molecule has 0 radical (unpaired) electrons. The van der Waals surface area contributed by atoms with Crippen LogP contribution in [0.25, 0.3) is 0 Å². The molecule has 1 aromatic rings. The molecule has 114 valence electrons. The lowest BCUT2D eigenvalue weighted by Crippen LogP contribution is -2.42. The smallest absolute Gasteiger partial charge is 0.262 e. The zero-order valence-electron chi connectivity index (χ0n) is 11.9. The summed E-state index contributed by atoms with van der Waals surface area (Å²) in [5.74, 6) is 0. The molecule has 20 heavy (non-hydrogen) atoms. The van der Waals surface area contributed by atoms with E-state index in [0.717, 1.165) is 19.4 Å². The second kappa shape index (κ2) is 6.66. The first kappa shape index (κ1) is 15.4.